The van der Waals surface area contributed by atoms with Crippen molar-refractivity contribution in [2.24, 2.45) is 5.92 Å². The standard InChI is InChI=1S/C14H20N2OS/c1-4-11-5-6-13(18-11)12-8-16-14(17-12)9-15-7-10(2)3/h5-6,8,10,15H,4,7,9H2,1-3H3. The van der Waals surface area contributed by atoms with Gasteiger partial charge in [0.05, 0.1) is 17.6 Å². The molecule has 2 heterocycles. The average molecular weight is 264 g/mol. The second-order valence-corrected chi connectivity index (χ2v) is 5.93. The van der Waals surface area contributed by atoms with Crippen molar-refractivity contribution >= 4 is 11.3 Å². The second kappa shape index (κ2) is 6.16. The maximum Gasteiger partial charge on any atom is 0.208 e. The molecule has 2 aromatic rings. The summed E-state index contributed by atoms with van der Waals surface area (Å²) < 4.78 is 5.75. The molecule has 3 nitrogen and oxygen atoms in total. The lowest BCUT2D eigenvalue weighted by Crippen LogP contribution is -2.18. The van der Waals surface area contributed by atoms with E-state index in [1.165, 1.54) is 4.88 Å². The summed E-state index contributed by atoms with van der Waals surface area (Å²) in [7, 11) is 0. The van der Waals surface area contributed by atoms with Gasteiger partial charge in [0.2, 0.25) is 5.89 Å². The Hall–Kier alpha value is -1.13. The molecule has 0 aliphatic rings. The molecule has 18 heavy (non-hydrogen) atoms. The fourth-order valence-corrected chi connectivity index (χ4v) is 2.57. The van der Waals surface area contributed by atoms with Gasteiger partial charge in [-0.15, -0.1) is 11.3 Å². The number of hydrogen-bond acceptors (Lipinski definition) is 4. The van der Waals surface area contributed by atoms with Crippen molar-refractivity contribution in [1.82, 2.24) is 10.3 Å². The highest BCUT2D eigenvalue weighted by Crippen LogP contribution is 2.28. The maximum absolute atomic E-state index is 5.75. The van der Waals surface area contributed by atoms with Gasteiger partial charge in [-0.25, -0.2) is 4.98 Å². The topological polar surface area (TPSA) is 38.1 Å². The van der Waals surface area contributed by atoms with E-state index in [0.29, 0.717) is 12.5 Å². The predicted octanol–water partition coefficient (Wildman–Crippen LogP) is 3.71. The Labute approximate surface area is 112 Å². The van der Waals surface area contributed by atoms with Crippen LogP contribution in [0.5, 0.6) is 0 Å². The first-order chi connectivity index (χ1) is 8.69. The van der Waals surface area contributed by atoms with Crippen molar-refractivity contribution in [1.29, 1.82) is 0 Å². The van der Waals surface area contributed by atoms with Gasteiger partial charge in [-0.3, -0.25) is 0 Å². The molecular weight excluding hydrogens is 244 g/mol. The van der Waals surface area contributed by atoms with Gasteiger partial charge < -0.3 is 9.73 Å². The van der Waals surface area contributed by atoms with Crippen LogP contribution < -0.4 is 5.32 Å². The Morgan fingerprint density at radius 2 is 2.22 bits per heavy atom. The fraction of sp³-hybridized carbons (Fsp3) is 0.500. The number of aryl methyl sites for hydroxylation is 1. The van der Waals surface area contributed by atoms with Crippen LogP contribution in [0.15, 0.2) is 22.7 Å². The zero-order valence-electron chi connectivity index (χ0n) is 11.2. The van der Waals surface area contributed by atoms with Crippen LogP contribution in [0.3, 0.4) is 0 Å². The Balaban J connectivity index is 1.97. The normalized spacial score (nSPS) is 11.3. The van der Waals surface area contributed by atoms with Crippen LogP contribution in [0, 0.1) is 5.92 Å². The minimum absolute atomic E-state index is 0.642. The SMILES string of the molecule is CCc1ccc(-c2cnc(CNCC(C)C)o2)s1. The average Bonchev–Trinajstić information content (AvgIpc) is 2.95. The Morgan fingerprint density at radius 1 is 1.39 bits per heavy atom. The van der Waals surface area contributed by atoms with Crippen molar-refractivity contribution < 1.29 is 4.42 Å². The first-order valence-electron chi connectivity index (χ1n) is 6.43. The van der Waals surface area contributed by atoms with Gasteiger partial charge in [-0.1, -0.05) is 20.8 Å². The summed E-state index contributed by atoms with van der Waals surface area (Å²) in [5.74, 6) is 2.28. The molecular formula is C14H20N2OS. The van der Waals surface area contributed by atoms with Crippen LogP contribution in [-0.4, -0.2) is 11.5 Å². The van der Waals surface area contributed by atoms with E-state index in [-0.39, 0.29) is 0 Å². The molecule has 0 amide bonds. The quantitative estimate of drug-likeness (QED) is 0.864. The molecule has 2 rings (SSSR count). The number of aromatic nitrogens is 1. The first kappa shape index (κ1) is 13.3. The predicted molar refractivity (Wildman–Crippen MR) is 75.7 cm³/mol. The van der Waals surface area contributed by atoms with E-state index in [1.54, 1.807) is 11.3 Å². The Morgan fingerprint density at radius 3 is 2.89 bits per heavy atom. The molecule has 2 aromatic heterocycles. The summed E-state index contributed by atoms with van der Waals surface area (Å²) in [6, 6.07) is 4.26. The van der Waals surface area contributed by atoms with Crippen LogP contribution in [0.2, 0.25) is 0 Å². The fourth-order valence-electron chi connectivity index (χ4n) is 1.67. The third-order valence-electron chi connectivity index (χ3n) is 2.64. The van der Waals surface area contributed by atoms with E-state index in [0.717, 1.165) is 29.5 Å². The van der Waals surface area contributed by atoms with Gasteiger partial charge in [0.1, 0.15) is 0 Å². The minimum atomic E-state index is 0.642. The highest BCUT2D eigenvalue weighted by atomic mass is 32.1. The van der Waals surface area contributed by atoms with E-state index in [1.807, 2.05) is 6.20 Å². The molecule has 0 saturated carbocycles. The van der Waals surface area contributed by atoms with E-state index in [4.69, 9.17) is 4.42 Å². The van der Waals surface area contributed by atoms with Crippen molar-refractivity contribution in [2.45, 2.75) is 33.7 Å². The lowest BCUT2D eigenvalue weighted by Gasteiger charge is -2.04. The molecule has 0 aliphatic heterocycles. The summed E-state index contributed by atoms with van der Waals surface area (Å²) in [5.41, 5.74) is 0. The molecule has 1 N–H and O–H groups in total. The molecule has 0 spiro atoms. The highest BCUT2D eigenvalue weighted by Gasteiger charge is 2.08. The zero-order chi connectivity index (χ0) is 13.0. The van der Waals surface area contributed by atoms with Crippen molar-refractivity contribution in [3.8, 4) is 10.6 Å². The monoisotopic (exact) mass is 264 g/mol. The number of nitrogens with zero attached hydrogens (tertiary/aromatic N) is 1. The smallest absolute Gasteiger partial charge is 0.208 e. The summed E-state index contributed by atoms with van der Waals surface area (Å²) in [6.45, 7) is 8.22. The molecule has 0 radical (unpaired) electrons. The lowest BCUT2D eigenvalue weighted by molar-refractivity contribution is 0.459. The van der Waals surface area contributed by atoms with Gasteiger partial charge in [0, 0.05) is 4.88 Å². The molecule has 0 fully saturated rings. The highest BCUT2D eigenvalue weighted by molar-refractivity contribution is 7.15. The van der Waals surface area contributed by atoms with E-state index < -0.39 is 0 Å². The number of nitrogens with one attached hydrogen (secondary N) is 1. The van der Waals surface area contributed by atoms with Gasteiger partial charge in [0.15, 0.2) is 5.76 Å². The van der Waals surface area contributed by atoms with Gasteiger partial charge >= 0.3 is 0 Å². The molecule has 0 saturated heterocycles. The maximum atomic E-state index is 5.75. The van der Waals surface area contributed by atoms with E-state index >= 15 is 0 Å². The molecule has 0 unspecified atom stereocenters. The summed E-state index contributed by atoms with van der Waals surface area (Å²) >= 11 is 1.77. The molecule has 0 atom stereocenters. The van der Waals surface area contributed by atoms with Crippen molar-refractivity contribution in [2.75, 3.05) is 6.54 Å². The number of rotatable bonds is 6. The number of hydrogen-bond donors (Lipinski definition) is 1. The molecule has 0 aliphatic carbocycles. The second-order valence-electron chi connectivity index (χ2n) is 4.76. The van der Waals surface area contributed by atoms with Crippen LogP contribution in [0.1, 0.15) is 31.5 Å². The molecule has 0 bridgehead atoms. The van der Waals surface area contributed by atoms with Gasteiger partial charge in [-0.05, 0) is 31.0 Å². The van der Waals surface area contributed by atoms with Crippen LogP contribution in [0.4, 0.5) is 0 Å². The first-order valence-corrected chi connectivity index (χ1v) is 7.25. The Kier molecular flexibility index (Phi) is 4.55. The Bertz CT molecular complexity index is 487. The van der Waals surface area contributed by atoms with Gasteiger partial charge in [0.25, 0.3) is 0 Å². The zero-order valence-corrected chi connectivity index (χ0v) is 12.0. The summed E-state index contributed by atoms with van der Waals surface area (Å²) in [6.07, 6.45) is 2.89. The minimum Gasteiger partial charge on any atom is -0.438 e. The summed E-state index contributed by atoms with van der Waals surface area (Å²) in [5, 5.41) is 3.33. The lowest BCUT2D eigenvalue weighted by atomic mass is 10.2. The van der Waals surface area contributed by atoms with Gasteiger partial charge in [-0.2, -0.15) is 0 Å². The number of oxazole rings is 1. The number of thiophene rings is 1. The van der Waals surface area contributed by atoms with Crippen LogP contribution in [-0.2, 0) is 13.0 Å². The van der Waals surface area contributed by atoms with E-state index in [2.05, 4.69) is 43.2 Å². The third-order valence-corrected chi connectivity index (χ3v) is 3.88. The third kappa shape index (κ3) is 3.43. The van der Waals surface area contributed by atoms with E-state index in [9.17, 15) is 0 Å². The van der Waals surface area contributed by atoms with Crippen LogP contribution in [0.25, 0.3) is 10.6 Å². The molecule has 98 valence electrons. The molecule has 0 aromatic carbocycles. The largest absolute Gasteiger partial charge is 0.438 e. The summed E-state index contributed by atoms with van der Waals surface area (Å²) in [4.78, 5) is 6.84. The van der Waals surface area contributed by atoms with Crippen molar-refractivity contribution in [3.63, 3.8) is 0 Å². The van der Waals surface area contributed by atoms with Crippen molar-refractivity contribution in [3.05, 3.63) is 29.1 Å². The van der Waals surface area contributed by atoms with Crippen LogP contribution >= 0.6 is 11.3 Å². The molecule has 4 heteroatoms.